The van der Waals surface area contributed by atoms with E-state index in [1.54, 1.807) is 0 Å². The van der Waals surface area contributed by atoms with Crippen LogP contribution in [0.3, 0.4) is 0 Å². The van der Waals surface area contributed by atoms with Crippen molar-refractivity contribution in [1.29, 1.82) is 0 Å². The lowest BCUT2D eigenvalue weighted by atomic mass is 9.97. The van der Waals surface area contributed by atoms with Crippen molar-refractivity contribution in [2.45, 2.75) is 13.8 Å². The first kappa shape index (κ1) is 22.8. The van der Waals surface area contributed by atoms with E-state index in [9.17, 15) is 4.79 Å². The smallest absolute Gasteiger partial charge is 0.263 e. The Labute approximate surface area is 230 Å². The van der Waals surface area contributed by atoms with E-state index in [-0.39, 0.29) is 5.56 Å². The van der Waals surface area contributed by atoms with Crippen molar-refractivity contribution in [2.75, 3.05) is 0 Å². The molecular formula is C37H26N2O. The maximum atomic E-state index is 14.1. The summed E-state index contributed by atoms with van der Waals surface area (Å²) in [5.74, 6) is 0. The molecule has 0 unspecified atom stereocenters. The predicted molar refractivity (Wildman–Crippen MR) is 171 cm³/mol. The van der Waals surface area contributed by atoms with Crippen molar-refractivity contribution in [3.63, 3.8) is 0 Å². The Morgan fingerprint density at radius 1 is 0.600 bits per heavy atom. The summed E-state index contributed by atoms with van der Waals surface area (Å²) >= 11 is 0. The largest absolute Gasteiger partial charge is 0.313 e. The Kier molecular flexibility index (Phi) is 4.80. The number of allylic oxidation sites excluding steroid dienone is 4. The molecule has 0 aliphatic carbocycles. The second-order valence-electron chi connectivity index (χ2n) is 10.5. The quantitative estimate of drug-likeness (QED) is 0.170. The van der Waals surface area contributed by atoms with Gasteiger partial charge in [0.15, 0.2) is 0 Å². The van der Waals surface area contributed by atoms with Crippen LogP contribution in [0.2, 0.25) is 0 Å². The first-order valence-corrected chi connectivity index (χ1v) is 13.7. The molecule has 0 spiro atoms. The van der Waals surface area contributed by atoms with Gasteiger partial charge in [0.2, 0.25) is 0 Å². The Bertz CT molecular complexity index is 2400. The van der Waals surface area contributed by atoms with Gasteiger partial charge in [0, 0.05) is 38.0 Å². The molecule has 0 saturated heterocycles. The number of hydrogen-bond acceptors (Lipinski definition) is 1. The van der Waals surface area contributed by atoms with E-state index in [0.29, 0.717) is 0 Å². The molecule has 8 rings (SSSR count). The number of benzene rings is 5. The van der Waals surface area contributed by atoms with Gasteiger partial charge in [-0.1, -0.05) is 78.9 Å². The highest BCUT2D eigenvalue weighted by Crippen LogP contribution is 2.41. The highest BCUT2D eigenvalue weighted by molar-refractivity contribution is 6.25. The average molecular weight is 515 g/mol. The maximum absolute atomic E-state index is 14.1. The minimum absolute atomic E-state index is 0.0266. The van der Waals surface area contributed by atoms with Crippen molar-refractivity contribution >= 4 is 65.5 Å². The van der Waals surface area contributed by atoms with Crippen molar-refractivity contribution in [3.8, 4) is 11.1 Å². The molecule has 3 aromatic heterocycles. The summed E-state index contributed by atoms with van der Waals surface area (Å²) in [6.07, 6.45) is 6.25. The Morgan fingerprint density at radius 3 is 2.02 bits per heavy atom. The molecule has 5 aromatic carbocycles. The molecule has 3 heterocycles. The summed E-state index contributed by atoms with van der Waals surface area (Å²) in [4.78, 5) is 14.1. The predicted octanol–water partition coefficient (Wildman–Crippen LogP) is 9.41. The van der Waals surface area contributed by atoms with Gasteiger partial charge in [-0.2, -0.15) is 0 Å². The molecule has 8 aromatic rings. The molecule has 0 bridgehead atoms. The monoisotopic (exact) mass is 514 g/mol. The molecule has 0 amide bonds. The van der Waals surface area contributed by atoms with Gasteiger partial charge in [0.05, 0.1) is 22.1 Å². The minimum Gasteiger partial charge on any atom is -0.313 e. The molecular weight excluding hydrogens is 488 g/mol. The van der Waals surface area contributed by atoms with Gasteiger partial charge in [-0.05, 0) is 72.8 Å². The molecule has 0 fully saturated rings. The van der Waals surface area contributed by atoms with Crippen LogP contribution in [0.1, 0.15) is 13.8 Å². The number of pyridine rings is 1. The molecule has 3 heteroatoms. The zero-order valence-corrected chi connectivity index (χ0v) is 22.3. The van der Waals surface area contributed by atoms with Crippen LogP contribution >= 0.6 is 0 Å². The number of rotatable bonds is 3. The van der Waals surface area contributed by atoms with Crippen molar-refractivity contribution in [3.05, 3.63) is 132 Å². The number of fused-ring (bicyclic) bond motifs is 8. The van der Waals surface area contributed by atoms with Crippen molar-refractivity contribution in [1.82, 2.24) is 8.97 Å². The van der Waals surface area contributed by atoms with E-state index in [1.807, 2.05) is 41.7 Å². The Balaban J connectivity index is 1.63. The van der Waals surface area contributed by atoms with Crippen LogP contribution in [0.25, 0.3) is 76.6 Å². The van der Waals surface area contributed by atoms with Crippen molar-refractivity contribution in [2.24, 2.45) is 0 Å². The van der Waals surface area contributed by atoms with Gasteiger partial charge < -0.3 is 4.57 Å². The first-order chi connectivity index (χ1) is 19.7. The fourth-order valence-corrected chi connectivity index (χ4v) is 6.53. The molecule has 40 heavy (non-hydrogen) atoms. The van der Waals surface area contributed by atoms with Crippen LogP contribution in [-0.2, 0) is 0 Å². The first-order valence-electron chi connectivity index (χ1n) is 13.7. The molecule has 3 nitrogen and oxygen atoms in total. The third kappa shape index (κ3) is 3.03. The second kappa shape index (κ2) is 8.42. The lowest BCUT2D eigenvalue weighted by Gasteiger charge is -2.09. The highest BCUT2D eigenvalue weighted by atomic mass is 16.1. The number of aromatic nitrogens is 2. The van der Waals surface area contributed by atoms with Gasteiger partial charge in [0.25, 0.3) is 5.56 Å². The normalized spacial score (nSPS) is 12.9. The van der Waals surface area contributed by atoms with Crippen LogP contribution in [0.5, 0.6) is 0 Å². The summed E-state index contributed by atoms with van der Waals surface area (Å²) in [6, 6.07) is 36.1. The fourth-order valence-electron chi connectivity index (χ4n) is 6.53. The molecule has 0 saturated carbocycles. The number of nitrogens with zero attached hydrogens (tertiary/aromatic N) is 2. The molecule has 0 aliphatic rings. The zero-order valence-electron chi connectivity index (χ0n) is 22.3. The van der Waals surface area contributed by atoms with E-state index in [2.05, 4.69) is 103 Å². The third-order valence-corrected chi connectivity index (χ3v) is 8.30. The van der Waals surface area contributed by atoms with E-state index < -0.39 is 0 Å². The lowest BCUT2D eigenvalue weighted by molar-refractivity contribution is 1.19. The highest BCUT2D eigenvalue weighted by Gasteiger charge is 2.21. The van der Waals surface area contributed by atoms with E-state index >= 15 is 0 Å². The molecule has 0 atom stereocenters. The molecule has 0 aliphatic heterocycles. The van der Waals surface area contributed by atoms with Crippen LogP contribution in [0.4, 0.5) is 0 Å². The Hall–Kier alpha value is -5.15. The van der Waals surface area contributed by atoms with Gasteiger partial charge in [-0.25, -0.2) is 0 Å². The lowest BCUT2D eigenvalue weighted by Crippen LogP contribution is -2.12. The maximum Gasteiger partial charge on any atom is 0.263 e. The second-order valence-corrected chi connectivity index (χ2v) is 10.5. The zero-order chi connectivity index (χ0) is 27.0. The van der Waals surface area contributed by atoms with E-state index in [1.165, 1.54) is 16.3 Å². The van der Waals surface area contributed by atoms with Gasteiger partial charge in [-0.3, -0.25) is 9.20 Å². The Morgan fingerprint density at radius 2 is 1.25 bits per heavy atom. The fraction of sp³-hybridized carbons (Fsp3) is 0.0541. The molecule has 0 N–H and O–H groups in total. The summed E-state index contributed by atoms with van der Waals surface area (Å²) in [5, 5.41) is 7.43. The SMILES string of the molecule is C/C=C\C=C(/C)n1c2ccccc2c2cc3c4cc(-c5ccccc5)cc5c6ccccc6c(=O)n(c3cc21)c54. The van der Waals surface area contributed by atoms with Gasteiger partial charge in [-0.15, -0.1) is 0 Å². The topological polar surface area (TPSA) is 26.4 Å². The van der Waals surface area contributed by atoms with Gasteiger partial charge in [0.1, 0.15) is 0 Å². The molecule has 0 radical (unpaired) electrons. The summed E-state index contributed by atoms with van der Waals surface area (Å²) in [6.45, 7) is 4.17. The minimum atomic E-state index is 0.0266. The number of para-hydroxylation sites is 1. The standard InChI is InChI=1S/C37H26N2O/c1-3-4-12-23(2)38-33-18-11-10-16-27(33)29-21-30-32-20-25(24-13-6-5-7-14-24)19-31-26-15-8-9-17-28(26)37(40)39(36(31)32)35(30)22-34(29)38/h3-22H,1-2H3/b4-3-,23-12+. The van der Waals surface area contributed by atoms with Crippen LogP contribution in [0, 0.1) is 0 Å². The number of hydrogen-bond donors (Lipinski definition) is 0. The molecule has 190 valence electrons. The summed E-state index contributed by atoms with van der Waals surface area (Å²) < 4.78 is 4.26. The van der Waals surface area contributed by atoms with Crippen LogP contribution in [-0.4, -0.2) is 8.97 Å². The third-order valence-electron chi connectivity index (χ3n) is 8.30. The average Bonchev–Trinajstić information content (AvgIpc) is 3.50. The summed E-state index contributed by atoms with van der Waals surface area (Å²) in [5.41, 5.74) is 7.66. The van der Waals surface area contributed by atoms with E-state index in [4.69, 9.17) is 0 Å². The van der Waals surface area contributed by atoms with Gasteiger partial charge >= 0.3 is 0 Å². The van der Waals surface area contributed by atoms with Crippen LogP contribution < -0.4 is 5.56 Å². The van der Waals surface area contributed by atoms with Crippen molar-refractivity contribution < 1.29 is 0 Å². The van der Waals surface area contributed by atoms with E-state index in [0.717, 1.165) is 60.3 Å². The summed E-state index contributed by atoms with van der Waals surface area (Å²) in [7, 11) is 0. The van der Waals surface area contributed by atoms with Crippen LogP contribution in [0.15, 0.2) is 126 Å².